The van der Waals surface area contributed by atoms with Gasteiger partial charge < -0.3 is 24.4 Å². The minimum atomic E-state index is -0.958. The van der Waals surface area contributed by atoms with E-state index in [2.05, 4.69) is 5.32 Å². The summed E-state index contributed by atoms with van der Waals surface area (Å²) in [5.41, 5.74) is 0.0243. The number of amides is 3. The molecular formula is C27H33N3O6. The van der Waals surface area contributed by atoms with Crippen molar-refractivity contribution in [3.05, 3.63) is 59.7 Å². The van der Waals surface area contributed by atoms with E-state index in [9.17, 15) is 14.4 Å². The maximum Gasteiger partial charge on any atom is 0.256 e. The fourth-order valence-corrected chi connectivity index (χ4v) is 4.88. The lowest BCUT2D eigenvalue weighted by Gasteiger charge is -2.44. The fourth-order valence-electron chi connectivity index (χ4n) is 4.88. The summed E-state index contributed by atoms with van der Waals surface area (Å²) in [7, 11) is 3.07. The number of rotatable bonds is 6. The van der Waals surface area contributed by atoms with Crippen LogP contribution in [0.5, 0.6) is 11.5 Å². The van der Waals surface area contributed by atoms with E-state index in [0.29, 0.717) is 48.6 Å². The van der Waals surface area contributed by atoms with E-state index in [1.54, 1.807) is 59.4 Å². The van der Waals surface area contributed by atoms with Crippen LogP contribution in [0, 0.1) is 0 Å². The highest BCUT2D eigenvalue weighted by Gasteiger charge is 2.54. The van der Waals surface area contributed by atoms with Crippen LogP contribution in [0.2, 0.25) is 0 Å². The van der Waals surface area contributed by atoms with Crippen LogP contribution in [0.4, 0.5) is 0 Å². The Morgan fingerprint density at radius 2 is 1.61 bits per heavy atom. The van der Waals surface area contributed by atoms with Gasteiger partial charge in [-0.15, -0.1) is 0 Å². The number of ether oxygens (including phenoxy) is 3. The molecule has 1 atom stereocenters. The molecule has 0 aromatic heterocycles. The molecule has 2 aromatic carbocycles. The third-order valence-corrected chi connectivity index (χ3v) is 6.70. The van der Waals surface area contributed by atoms with Gasteiger partial charge in [0.05, 0.1) is 20.8 Å². The molecule has 4 rings (SSSR count). The van der Waals surface area contributed by atoms with E-state index < -0.39 is 11.8 Å². The van der Waals surface area contributed by atoms with Crippen molar-refractivity contribution in [3.63, 3.8) is 0 Å². The largest absolute Gasteiger partial charge is 0.493 e. The number of nitrogens with one attached hydrogen (secondary N) is 1. The first kappa shape index (κ1) is 25.5. The summed E-state index contributed by atoms with van der Waals surface area (Å²) in [5, 5.41) is 2.91. The van der Waals surface area contributed by atoms with Crippen molar-refractivity contribution in [1.82, 2.24) is 15.1 Å². The lowest BCUT2D eigenvalue weighted by Crippen LogP contribution is -2.60. The summed E-state index contributed by atoms with van der Waals surface area (Å²) in [6, 6.07) is 13.2. The Morgan fingerprint density at radius 1 is 0.944 bits per heavy atom. The van der Waals surface area contributed by atoms with Crippen molar-refractivity contribution >= 4 is 17.7 Å². The van der Waals surface area contributed by atoms with E-state index in [4.69, 9.17) is 14.2 Å². The van der Waals surface area contributed by atoms with Crippen LogP contribution >= 0.6 is 0 Å². The summed E-state index contributed by atoms with van der Waals surface area (Å²) in [6.45, 7) is 4.63. The van der Waals surface area contributed by atoms with Crippen LogP contribution in [-0.4, -0.2) is 79.2 Å². The van der Waals surface area contributed by atoms with Gasteiger partial charge in [-0.1, -0.05) is 18.2 Å². The maximum absolute atomic E-state index is 13.6. The Labute approximate surface area is 211 Å². The molecule has 1 spiro atoms. The molecule has 2 aliphatic heterocycles. The van der Waals surface area contributed by atoms with Crippen molar-refractivity contribution in [2.75, 3.05) is 33.9 Å². The molecule has 9 nitrogen and oxygen atoms in total. The first-order chi connectivity index (χ1) is 17.3. The van der Waals surface area contributed by atoms with Crippen molar-refractivity contribution in [3.8, 4) is 11.5 Å². The Morgan fingerprint density at radius 3 is 2.22 bits per heavy atom. The number of methoxy groups -OCH3 is 2. The van der Waals surface area contributed by atoms with E-state index >= 15 is 0 Å². The van der Waals surface area contributed by atoms with Gasteiger partial charge in [-0.2, -0.15) is 0 Å². The van der Waals surface area contributed by atoms with Crippen molar-refractivity contribution in [2.24, 2.45) is 0 Å². The molecule has 1 N–H and O–H groups in total. The Balaban J connectivity index is 1.55. The zero-order valence-corrected chi connectivity index (χ0v) is 21.2. The molecule has 2 fully saturated rings. The van der Waals surface area contributed by atoms with E-state index in [0.717, 1.165) is 0 Å². The van der Waals surface area contributed by atoms with Crippen LogP contribution < -0.4 is 14.8 Å². The van der Waals surface area contributed by atoms with Gasteiger partial charge >= 0.3 is 0 Å². The number of carbonyl (C=O) groups excluding carboxylic acids is 3. The van der Waals surface area contributed by atoms with E-state index in [1.165, 1.54) is 7.11 Å². The molecule has 0 unspecified atom stereocenters. The van der Waals surface area contributed by atoms with Crippen molar-refractivity contribution in [2.45, 2.75) is 44.5 Å². The van der Waals surface area contributed by atoms with Gasteiger partial charge in [-0.3, -0.25) is 19.3 Å². The molecule has 36 heavy (non-hydrogen) atoms. The van der Waals surface area contributed by atoms with Gasteiger partial charge in [0.25, 0.3) is 11.8 Å². The molecule has 2 saturated heterocycles. The molecule has 0 saturated carbocycles. The summed E-state index contributed by atoms with van der Waals surface area (Å²) in [4.78, 5) is 43.3. The Hall–Kier alpha value is -3.59. The van der Waals surface area contributed by atoms with Gasteiger partial charge in [0, 0.05) is 43.1 Å². The van der Waals surface area contributed by atoms with Crippen LogP contribution in [-0.2, 0) is 9.53 Å². The molecule has 9 heteroatoms. The standard InChI is InChI=1S/C27H33N3O6/c1-18(2)28-24(31)21-17-36-27(30(21)26(33)19-8-6-5-7-9-19)12-14-29(15-13-27)25(32)20-10-11-22(34-3)23(16-20)35-4/h5-11,16,18,21H,12-15,17H2,1-4H3,(H,28,31)/t21-/m0/s1. The van der Waals surface area contributed by atoms with Gasteiger partial charge in [0.1, 0.15) is 11.8 Å². The third-order valence-electron chi connectivity index (χ3n) is 6.70. The number of hydrogen-bond acceptors (Lipinski definition) is 6. The average Bonchev–Trinajstić information content (AvgIpc) is 3.26. The zero-order valence-electron chi connectivity index (χ0n) is 21.2. The molecule has 0 aliphatic carbocycles. The Kier molecular flexibility index (Phi) is 7.49. The molecule has 2 heterocycles. The van der Waals surface area contributed by atoms with Crippen molar-refractivity contribution in [1.29, 1.82) is 0 Å². The second-order valence-electron chi connectivity index (χ2n) is 9.34. The normalized spacial score (nSPS) is 18.9. The highest BCUT2D eigenvalue weighted by atomic mass is 16.5. The monoisotopic (exact) mass is 495 g/mol. The summed E-state index contributed by atoms with van der Waals surface area (Å²) < 4.78 is 16.8. The van der Waals surface area contributed by atoms with Crippen LogP contribution in [0.25, 0.3) is 0 Å². The zero-order chi connectivity index (χ0) is 25.9. The highest BCUT2D eigenvalue weighted by molar-refractivity contribution is 5.98. The molecule has 192 valence electrons. The molecule has 2 aromatic rings. The first-order valence-electron chi connectivity index (χ1n) is 12.1. The lowest BCUT2D eigenvalue weighted by molar-refractivity contribution is -0.128. The molecular weight excluding hydrogens is 462 g/mol. The SMILES string of the molecule is COc1ccc(C(=O)N2CCC3(CC2)OC[C@@H](C(=O)NC(C)C)N3C(=O)c2ccccc2)cc1OC. The van der Waals surface area contributed by atoms with Gasteiger partial charge in [0.2, 0.25) is 5.91 Å². The van der Waals surface area contributed by atoms with Crippen LogP contribution in [0.15, 0.2) is 48.5 Å². The smallest absolute Gasteiger partial charge is 0.256 e. The second-order valence-corrected chi connectivity index (χ2v) is 9.34. The van der Waals surface area contributed by atoms with Gasteiger partial charge in [0.15, 0.2) is 11.5 Å². The average molecular weight is 496 g/mol. The van der Waals surface area contributed by atoms with Crippen LogP contribution in [0.3, 0.4) is 0 Å². The number of carbonyl (C=O) groups is 3. The number of likely N-dealkylation sites (tertiary alicyclic amines) is 1. The van der Waals surface area contributed by atoms with Gasteiger partial charge in [-0.05, 0) is 44.2 Å². The van der Waals surface area contributed by atoms with Crippen molar-refractivity contribution < 1.29 is 28.6 Å². The Bertz CT molecular complexity index is 1110. The summed E-state index contributed by atoms with van der Waals surface area (Å²) in [5.74, 6) is 0.395. The fraction of sp³-hybridized carbons (Fsp3) is 0.444. The van der Waals surface area contributed by atoms with Crippen LogP contribution in [0.1, 0.15) is 47.4 Å². The lowest BCUT2D eigenvalue weighted by atomic mass is 9.96. The summed E-state index contributed by atoms with van der Waals surface area (Å²) in [6.07, 6.45) is 0.798. The quantitative estimate of drug-likeness (QED) is 0.662. The molecule has 2 aliphatic rings. The minimum Gasteiger partial charge on any atom is -0.493 e. The van der Waals surface area contributed by atoms with E-state index in [-0.39, 0.29) is 30.4 Å². The third kappa shape index (κ3) is 4.88. The van der Waals surface area contributed by atoms with E-state index in [1.807, 2.05) is 19.9 Å². The van der Waals surface area contributed by atoms with Gasteiger partial charge in [-0.25, -0.2) is 0 Å². The highest BCUT2D eigenvalue weighted by Crippen LogP contribution is 2.39. The summed E-state index contributed by atoms with van der Waals surface area (Å²) >= 11 is 0. The first-order valence-corrected chi connectivity index (χ1v) is 12.1. The second kappa shape index (κ2) is 10.6. The predicted molar refractivity (Wildman–Crippen MR) is 133 cm³/mol. The topological polar surface area (TPSA) is 97.4 Å². The number of hydrogen-bond donors (Lipinski definition) is 1. The molecule has 0 bridgehead atoms. The maximum atomic E-state index is 13.6. The molecule has 3 amide bonds. The number of piperidine rings is 1. The predicted octanol–water partition coefficient (Wildman–Crippen LogP) is 2.70. The molecule has 0 radical (unpaired) electrons. The minimum absolute atomic E-state index is 0.0660. The number of benzene rings is 2. The number of nitrogens with zero attached hydrogens (tertiary/aromatic N) is 2.